The fourth-order valence-corrected chi connectivity index (χ4v) is 4.66. The van der Waals surface area contributed by atoms with Crippen LogP contribution in [0, 0.1) is 34.6 Å². The molecule has 2 aromatic carbocycles. The van der Waals surface area contributed by atoms with Gasteiger partial charge in [-0.1, -0.05) is 29.3 Å². The van der Waals surface area contributed by atoms with Crippen LogP contribution < -0.4 is 4.18 Å². The van der Waals surface area contributed by atoms with E-state index in [-0.39, 0.29) is 20.7 Å². The zero-order valence-corrected chi connectivity index (χ0v) is 15.9. The second kappa shape index (κ2) is 6.34. The van der Waals surface area contributed by atoms with Crippen molar-refractivity contribution in [3.8, 4) is 5.75 Å². The molecule has 23 heavy (non-hydrogen) atoms. The van der Waals surface area contributed by atoms with Crippen LogP contribution in [0.4, 0.5) is 0 Å². The van der Waals surface area contributed by atoms with Gasteiger partial charge in [-0.05, 0) is 74.6 Å². The van der Waals surface area contributed by atoms with Crippen LogP contribution in [0.5, 0.6) is 5.75 Å². The first-order chi connectivity index (χ1) is 10.6. The molecule has 3 nitrogen and oxygen atoms in total. The molecule has 0 aliphatic rings. The topological polar surface area (TPSA) is 43.4 Å². The van der Waals surface area contributed by atoms with E-state index >= 15 is 0 Å². The van der Waals surface area contributed by atoms with E-state index in [4.69, 9.17) is 27.4 Å². The molecule has 0 atom stereocenters. The van der Waals surface area contributed by atoms with Crippen LogP contribution in [-0.4, -0.2) is 8.42 Å². The molecule has 0 fully saturated rings. The summed E-state index contributed by atoms with van der Waals surface area (Å²) >= 11 is 12.0. The summed E-state index contributed by atoms with van der Waals surface area (Å²) in [6.07, 6.45) is 0. The lowest BCUT2D eigenvalue weighted by molar-refractivity contribution is 0.485. The van der Waals surface area contributed by atoms with Crippen LogP contribution >= 0.6 is 23.2 Å². The van der Waals surface area contributed by atoms with E-state index in [0.717, 1.165) is 16.7 Å². The van der Waals surface area contributed by atoms with E-state index < -0.39 is 10.1 Å². The predicted octanol–water partition coefficient (Wildman–Crippen LogP) is 5.30. The van der Waals surface area contributed by atoms with Crippen molar-refractivity contribution in [2.45, 2.75) is 39.5 Å². The minimum absolute atomic E-state index is 0.0504. The van der Waals surface area contributed by atoms with E-state index in [9.17, 15) is 8.42 Å². The van der Waals surface area contributed by atoms with E-state index in [1.54, 1.807) is 19.9 Å². The first-order valence-electron chi connectivity index (χ1n) is 7.03. The van der Waals surface area contributed by atoms with E-state index in [0.29, 0.717) is 11.1 Å². The molecule has 0 aromatic heterocycles. The van der Waals surface area contributed by atoms with Crippen molar-refractivity contribution in [2.75, 3.05) is 0 Å². The Balaban J connectivity index is 2.67. The smallest absolute Gasteiger partial charge is 0.339 e. The van der Waals surface area contributed by atoms with Crippen molar-refractivity contribution >= 4 is 33.3 Å². The molecule has 0 saturated heterocycles. The highest BCUT2D eigenvalue weighted by Gasteiger charge is 2.27. The van der Waals surface area contributed by atoms with Crippen molar-refractivity contribution in [2.24, 2.45) is 0 Å². The van der Waals surface area contributed by atoms with Crippen molar-refractivity contribution in [3.05, 3.63) is 56.1 Å². The van der Waals surface area contributed by atoms with Crippen LogP contribution in [0.2, 0.25) is 10.0 Å². The van der Waals surface area contributed by atoms with Crippen LogP contribution in [0.25, 0.3) is 0 Å². The lowest BCUT2D eigenvalue weighted by Crippen LogP contribution is -2.16. The molecule has 0 heterocycles. The molecule has 0 bridgehead atoms. The third-order valence-electron chi connectivity index (χ3n) is 4.29. The average Bonchev–Trinajstić information content (AvgIpc) is 2.47. The van der Waals surface area contributed by atoms with Gasteiger partial charge >= 0.3 is 10.1 Å². The van der Waals surface area contributed by atoms with Gasteiger partial charge in [-0.15, -0.1) is 0 Å². The molecule has 0 aliphatic heterocycles. The maximum absolute atomic E-state index is 12.8. The Bertz CT molecular complexity index is 838. The Labute approximate surface area is 147 Å². The van der Waals surface area contributed by atoms with Gasteiger partial charge in [0.1, 0.15) is 4.90 Å². The lowest BCUT2D eigenvalue weighted by Gasteiger charge is -2.19. The van der Waals surface area contributed by atoms with Gasteiger partial charge < -0.3 is 4.18 Å². The fraction of sp³-hybridized carbons (Fsp3) is 0.294. The van der Waals surface area contributed by atoms with Gasteiger partial charge in [0.05, 0.1) is 10.0 Å². The summed E-state index contributed by atoms with van der Waals surface area (Å²) in [4.78, 5) is 0.175. The summed E-state index contributed by atoms with van der Waals surface area (Å²) in [6, 6.07) is 4.69. The highest BCUT2D eigenvalue weighted by atomic mass is 35.5. The number of benzene rings is 2. The maximum atomic E-state index is 12.8. The second-order valence-electron chi connectivity index (χ2n) is 5.54. The van der Waals surface area contributed by atoms with Crippen LogP contribution in [-0.2, 0) is 10.1 Å². The van der Waals surface area contributed by atoms with Crippen LogP contribution in [0.1, 0.15) is 27.8 Å². The Morgan fingerprint density at radius 1 is 0.783 bits per heavy atom. The van der Waals surface area contributed by atoms with E-state index in [2.05, 4.69) is 0 Å². The van der Waals surface area contributed by atoms with Gasteiger partial charge in [0.25, 0.3) is 0 Å². The van der Waals surface area contributed by atoms with E-state index in [1.165, 1.54) is 12.1 Å². The molecule has 2 rings (SSSR count). The number of hydrogen-bond donors (Lipinski definition) is 0. The Hall–Kier alpha value is -1.23. The summed E-state index contributed by atoms with van der Waals surface area (Å²) in [5, 5.41) is 0.300. The molecule has 6 heteroatoms. The quantitative estimate of drug-likeness (QED) is 0.686. The second-order valence-corrected chi connectivity index (χ2v) is 7.84. The average molecular weight is 373 g/mol. The van der Waals surface area contributed by atoms with Gasteiger partial charge in [-0.2, -0.15) is 8.42 Å². The lowest BCUT2D eigenvalue weighted by atomic mass is 9.95. The first kappa shape index (κ1) is 18.1. The highest BCUT2D eigenvalue weighted by Crippen LogP contribution is 2.37. The summed E-state index contributed by atoms with van der Waals surface area (Å²) in [5.41, 5.74) is 4.29. The Kier molecular flexibility index (Phi) is 5.00. The SMILES string of the molecule is Cc1c(C)c(C)c(S(=O)(=O)Oc2c(Cl)cccc2Cl)c(C)c1C. The van der Waals surface area contributed by atoms with Crippen LogP contribution in [0.3, 0.4) is 0 Å². The monoisotopic (exact) mass is 372 g/mol. The van der Waals surface area contributed by atoms with Gasteiger partial charge in [-0.25, -0.2) is 0 Å². The van der Waals surface area contributed by atoms with Gasteiger partial charge in [-0.3, -0.25) is 0 Å². The van der Waals surface area contributed by atoms with Crippen molar-refractivity contribution in [1.29, 1.82) is 0 Å². The van der Waals surface area contributed by atoms with Crippen molar-refractivity contribution < 1.29 is 12.6 Å². The molecule has 2 aromatic rings. The molecule has 0 amide bonds. The summed E-state index contributed by atoms with van der Waals surface area (Å²) < 4.78 is 30.9. The largest absolute Gasteiger partial charge is 0.376 e. The predicted molar refractivity (Wildman–Crippen MR) is 94.4 cm³/mol. The minimum Gasteiger partial charge on any atom is -0.376 e. The Morgan fingerprint density at radius 2 is 1.17 bits per heavy atom. The van der Waals surface area contributed by atoms with Crippen molar-refractivity contribution in [1.82, 2.24) is 0 Å². The molecular formula is C17H18Cl2O3S. The standard InChI is InChI=1S/C17H18Cl2O3S/c1-9-10(2)12(4)17(13(5)11(9)3)23(20,21)22-16-14(18)7-6-8-15(16)19/h6-8H,1-5H3. The van der Waals surface area contributed by atoms with Gasteiger partial charge in [0.15, 0.2) is 5.75 Å². The molecular weight excluding hydrogens is 355 g/mol. The Morgan fingerprint density at radius 3 is 1.61 bits per heavy atom. The molecule has 0 N–H and O–H groups in total. The zero-order valence-electron chi connectivity index (χ0n) is 13.6. The molecule has 0 unspecified atom stereocenters. The number of para-hydroxylation sites is 1. The van der Waals surface area contributed by atoms with Crippen molar-refractivity contribution in [3.63, 3.8) is 0 Å². The molecule has 0 spiro atoms. The molecule has 0 saturated carbocycles. The number of halogens is 2. The third-order valence-corrected chi connectivity index (χ3v) is 6.39. The zero-order chi connectivity index (χ0) is 17.5. The summed E-state index contributed by atoms with van der Waals surface area (Å²) in [6.45, 7) is 9.34. The molecule has 124 valence electrons. The summed E-state index contributed by atoms with van der Waals surface area (Å²) in [5.74, 6) is -0.0504. The van der Waals surface area contributed by atoms with Gasteiger partial charge in [0.2, 0.25) is 0 Å². The normalized spacial score (nSPS) is 11.6. The third kappa shape index (κ3) is 3.21. The summed E-state index contributed by atoms with van der Waals surface area (Å²) in [7, 11) is -4.05. The van der Waals surface area contributed by atoms with E-state index in [1.807, 2.05) is 20.8 Å². The molecule has 0 aliphatic carbocycles. The maximum Gasteiger partial charge on any atom is 0.339 e. The van der Waals surface area contributed by atoms with Crippen LogP contribution in [0.15, 0.2) is 23.1 Å². The minimum atomic E-state index is -4.05. The fourth-order valence-electron chi connectivity index (χ4n) is 2.55. The molecule has 0 radical (unpaired) electrons. The van der Waals surface area contributed by atoms with Gasteiger partial charge in [0, 0.05) is 0 Å². The highest BCUT2D eigenvalue weighted by molar-refractivity contribution is 7.87. The first-order valence-corrected chi connectivity index (χ1v) is 9.19. The number of rotatable bonds is 3. The number of hydrogen-bond acceptors (Lipinski definition) is 3.